The molecule has 1 amide bonds. The number of halogens is 3. The second-order valence-electron chi connectivity index (χ2n) is 8.00. The molecule has 0 saturated heterocycles. The van der Waals surface area contributed by atoms with Gasteiger partial charge in [0.25, 0.3) is 5.91 Å². The summed E-state index contributed by atoms with van der Waals surface area (Å²) in [5.74, 6) is -0.330. The normalized spacial score (nSPS) is 16.1. The number of carbonyl (C=O) groups excluding carboxylic acids is 1. The number of benzene rings is 1. The summed E-state index contributed by atoms with van der Waals surface area (Å²) < 4.78 is 42.4. The van der Waals surface area contributed by atoms with Gasteiger partial charge in [-0.3, -0.25) is 9.48 Å². The van der Waals surface area contributed by atoms with Crippen LogP contribution in [0.5, 0.6) is 0 Å². The third kappa shape index (κ3) is 3.62. The molecule has 0 unspecified atom stereocenters. The number of aryl methyl sites for hydroxylation is 1. The molecule has 0 bridgehead atoms. The van der Waals surface area contributed by atoms with E-state index in [0.717, 1.165) is 48.8 Å². The Kier molecular flexibility index (Phi) is 5.00. The van der Waals surface area contributed by atoms with E-state index in [1.807, 2.05) is 24.3 Å². The van der Waals surface area contributed by atoms with Crippen molar-refractivity contribution in [2.75, 3.05) is 6.54 Å². The third-order valence-corrected chi connectivity index (χ3v) is 7.99. The zero-order chi connectivity index (χ0) is 24.3. The van der Waals surface area contributed by atoms with Crippen molar-refractivity contribution in [2.24, 2.45) is 7.05 Å². The summed E-state index contributed by atoms with van der Waals surface area (Å²) in [6.45, 7) is 0.405. The number of fused-ring (bicyclic) bond motifs is 2. The van der Waals surface area contributed by atoms with Gasteiger partial charge in [-0.25, -0.2) is 15.0 Å². The van der Waals surface area contributed by atoms with Crippen LogP contribution in [-0.4, -0.2) is 47.1 Å². The van der Waals surface area contributed by atoms with Crippen LogP contribution in [0.2, 0.25) is 0 Å². The summed E-state index contributed by atoms with van der Waals surface area (Å²) in [4.78, 5) is 32.1. The van der Waals surface area contributed by atoms with E-state index in [4.69, 9.17) is 4.98 Å². The molecule has 5 aromatic rings. The molecule has 1 aliphatic rings. The Morgan fingerprint density at radius 1 is 1.17 bits per heavy atom. The van der Waals surface area contributed by atoms with Gasteiger partial charge in [-0.2, -0.15) is 18.3 Å². The number of nitrogens with zero attached hydrogens (tertiary/aromatic N) is 6. The number of aromatic nitrogens is 6. The van der Waals surface area contributed by atoms with Crippen molar-refractivity contribution in [1.82, 2.24) is 34.6 Å². The van der Waals surface area contributed by atoms with Crippen LogP contribution in [-0.2, 0) is 19.6 Å². The zero-order valence-electron chi connectivity index (χ0n) is 18.1. The topological polar surface area (TPSA) is 92.6 Å². The largest absolute Gasteiger partial charge is 0.433 e. The molecule has 0 saturated carbocycles. The van der Waals surface area contributed by atoms with E-state index >= 15 is 0 Å². The number of para-hydroxylation sites is 1. The molecule has 1 aliphatic heterocycles. The summed E-state index contributed by atoms with van der Waals surface area (Å²) in [5, 5.41) is 4.56. The number of imidazole rings is 1. The summed E-state index contributed by atoms with van der Waals surface area (Å²) in [6.07, 6.45) is 0.0269. The Bertz CT molecular complexity index is 1530. The predicted octanol–water partition coefficient (Wildman–Crippen LogP) is 4.68. The van der Waals surface area contributed by atoms with Gasteiger partial charge in [0.15, 0.2) is 5.69 Å². The van der Waals surface area contributed by atoms with Gasteiger partial charge in [-0.05, 0) is 12.1 Å². The van der Waals surface area contributed by atoms with Crippen molar-refractivity contribution in [2.45, 2.75) is 18.6 Å². The van der Waals surface area contributed by atoms with E-state index in [1.165, 1.54) is 24.6 Å². The van der Waals surface area contributed by atoms with Gasteiger partial charge in [0.1, 0.15) is 20.9 Å². The monoisotopic (exact) mass is 515 g/mol. The Hall–Kier alpha value is -3.58. The molecule has 1 atom stereocenters. The lowest BCUT2D eigenvalue weighted by Gasteiger charge is -2.33. The van der Waals surface area contributed by atoms with E-state index in [-0.39, 0.29) is 21.4 Å². The number of carbonyl (C=O) groups is 1. The van der Waals surface area contributed by atoms with Gasteiger partial charge in [-0.1, -0.05) is 12.1 Å². The Morgan fingerprint density at radius 2 is 2.00 bits per heavy atom. The first-order valence-electron chi connectivity index (χ1n) is 10.5. The van der Waals surface area contributed by atoms with E-state index < -0.39 is 17.9 Å². The number of aromatic amines is 1. The molecule has 6 rings (SSSR count). The number of hydrogen-bond donors (Lipinski definition) is 1. The van der Waals surface area contributed by atoms with Gasteiger partial charge in [-0.15, -0.1) is 22.7 Å². The lowest BCUT2D eigenvalue weighted by Crippen LogP contribution is -2.40. The highest BCUT2D eigenvalue weighted by atomic mass is 32.1. The third-order valence-electron chi connectivity index (χ3n) is 5.88. The molecular weight excluding hydrogens is 499 g/mol. The van der Waals surface area contributed by atoms with E-state index in [2.05, 4.69) is 20.1 Å². The van der Waals surface area contributed by atoms with Crippen LogP contribution in [0.15, 0.2) is 43.0 Å². The molecule has 0 fully saturated rings. The van der Waals surface area contributed by atoms with Crippen LogP contribution < -0.4 is 0 Å². The fourth-order valence-electron chi connectivity index (χ4n) is 4.32. The molecule has 0 aliphatic carbocycles. The number of thiazole rings is 2. The molecule has 8 nitrogen and oxygen atoms in total. The smallest absolute Gasteiger partial charge is 0.348 e. The van der Waals surface area contributed by atoms with Crippen LogP contribution >= 0.6 is 22.7 Å². The van der Waals surface area contributed by atoms with Crippen molar-refractivity contribution >= 4 is 38.8 Å². The number of H-pyrrole nitrogens is 1. The van der Waals surface area contributed by atoms with Gasteiger partial charge in [0.05, 0.1) is 40.2 Å². The first kappa shape index (κ1) is 21.9. The van der Waals surface area contributed by atoms with Crippen LogP contribution in [0, 0.1) is 0 Å². The molecule has 13 heteroatoms. The number of amides is 1. The predicted molar refractivity (Wildman–Crippen MR) is 124 cm³/mol. The molecule has 0 spiro atoms. The first-order valence-corrected chi connectivity index (χ1v) is 12.2. The minimum Gasteiger partial charge on any atom is -0.348 e. The minimum absolute atomic E-state index is 0.0859. The molecule has 178 valence electrons. The van der Waals surface area contributed by atoms with Crippen LogP contribution in [0.25, 0.3) is 20.8 Å². The van der Waals surface area contributed by atoms with Crippen molar-refractivity contribution in [3.8, 4) is 10.6 Å². The maximum Gasteiger partial charge on any atom is 0.433 e. The van der Waals surface area contributed by atoms with E-state index in [1.54, 1.807) is 11.2 Å². The zero-order valence-corrected chi connectivity index (χ0v) is 19.7. The standard InChI is InChI=1S/C22H16F3N7OS2/c1-31-18(22(23,24)25)11(8-29-31)19-26-9-15(35-19)21(33)32-7-6-13-16(28-10-27-13)17(32)20-30-12-4-2-3-5-14(12)34-20/h2-5,8-10,17H,6-7H2,1H3,(H,27,28)/t17-/m0/s1. The number of hydrogen-bond acceptors (Lipinski definition) is 7. The second-order valence-corrected chi connectivity index (χ2v) is 10.1. The van der Waals surface area contributed by atoms with Gasteiger partial charge < -0.3 is 9.88 Å². The highest BCUT2D eigenvalue weighted by Crippen LogP contribution is 2.41. The number of alkyl halides is 3. The molecule has 1 aromatic carbocycles. The number of rotatable bonds is 3. The summed E-state index contributed by atoms with van der Waals surface area (Å²) >= 11 is 2.41. The van der Waals surface area contributed by atoms with Gasteiger partial charge in [0, 0.05) is 25.7 Å². The van der Waals surface area contributed by atoms with Crippen molar-refractivity contribution < 1.29 is 18.0 Å². The van der Waals surface area contributed by atoms with Gasteiger partial charge in [0.2, 0.25) is 0 Å². The maximum atomic E-state index is 13.7. The summed E-state index contributed by atoms with van der Waals surface area (Å²) in [6, 6.07) is 7.21. The first-order chi connectivity index (χ1) is 16.8. The van der Waals surface area contributed by atoms with E-state index in [9.17, 15) is 18.0 Å². The highest BCUT2D eigenvalue weighted by Gasteiger charge is 2.40. The van der Waals surface area contributed by atoms with Gasteiger partial charge >= 0.3 is 6.18 Å². The van der Waals surface area contributed by atoms with Crippen LogP contribution in [0.3, 0.4) is 0 Å². The van der Waals surface area contributed by atoms with Crippen LogP contribution in [0.4, 0.5) is 13.2 Å². The lowest BCUT2D eigenvalue weighted by atomic mass is 10.0. The molecule has 4 aromatic heterocycles. The van der Waals surface area contributed by atoms with Crippen LogP contribution in [0.1, 0.15) is 37.8 Å². The molecular formula is C22H16F3N7OS2. The molecule has 5 heterocycles. The average molecular weight is 516 g/mol. The summed E-state index contributed by atoms with van der Waals surface area (Å²) in [7, 11) is 1.23. The fraction of sp³-hybridized carbons (Fsp3) is 0.227. The second kappa shape index (κ2) is 7.99. The van der Waals surface area contributed by atoms with E-state index in [0.29, 0.717) is 13.0 Å². The lowest BCUT2D eigenvalue weighted by molar-refractivity contribution is -0.143. The maximum absolute atomic E-state index is 13.7. The Morgan fingerprint density at radius 3 is 2.80 bits per heavy atom. The number of nitrogens with one attached hydrogen (secondary N) is 1. The Balaban J connectivity index is 1.39. The SMILES string of the molecule is Cn1ncc(-c2ncc(C(=O)N3CCc4[nH]cnc4[C@H]3c3nc4ccccc4s3)s2)c1C(F)(F)F. The summed E-state index contributed by atoms with van der Waals surface area (Å²) in [5.41, 5.74) is 1.43. The molecule has 1 N–H and O–H groups in total. The molecule has 35 heavy (non-hydrogen) atoms. The minimum atomic E-state index is -4.60. The van der Waals surface area contributed by atoms with Crippen molar-refractivity contribution in [1.29, 1.82) is 0 Å². The Labute approximate surface area is 204 Å². The van der Waals surface area contributed by atoms with Crippen molar-refractivity contribution in [3.63, 3.8) is 0 Å². The highest BCUT2D eigenvalue weighted by molar-refractivity contribution is 7.18. The van der Waals surface area contributed by atoms with Crippen molar-refractivity contribution in [3.05, 3.63) is 70.0 Å². The molecule has 0 radical (unpaired) electrons. The fourth-order valence-corrected chi connectivity index (χ4v) is 6.29. The average Bonchev–Trinajstić information content (AvgIpc) is 3.61. The quantitative estimate of drug-likeness (QED) is 0.377.